The van der Waals surface area contributed by atoms with Crippen molar-refractivity contribution in [3.63, 3.8) is 0 Å². The minimum Gasteiger partial charge on any atom is -0.310 e. The Morgan fingerprint density at radius 3 is 2.78 bits per heavy atom. The van der Waals surface area contributed by atoms with E-state index in [0.717, 1.165) is 18.7 Å². The minimum absolute atomic E-state index is 0.166. The van der Waals surface area contributed by atoms with Gasteiger partial charge in [-0.15, -0.1) is 0 Å². The molecule has 1 aliphatic rings. The van der Waals surface area contributed by atoms with Gasteiger partial charge in [-0.25, -0.2) is 9.37 Å². The highest BCUT2D eigenvalue weighted by molar-refractivity contribution is 5.77. The molecular weight excluding hydrogens is 231 g/mol. The van der Waals surface area contributed by atoms with Crippen molar-refractivity contribution in [1.29, 1.82) is 0 Å². The van der Waals surface area contributed by atoms with Gasteiger partial charge in [0.2, 0.25) is 0 Å². The molecule has 1 saturated carbocycles. The molecule has 1 aromatic heterocycles. The van der Waals surface area contributed by atoms with E-state index in [1.165, 1.54) is 37.5 Å². The molecule has 94 valence electrons. The van der Waals surface area contributed by atoms with Gasteiger partial charge in [-0.2, -0.15) is 0 Å². The highest BCUT2D eigenvalue weighted by Crippen LogP contribution is 2.30. The first-order valence-electron chi connectivity index (χ1n) is 6.43. The summed E-state index contributed by atoms with van der Waals surface area (Å²) in [6.45, 7) is 0. The lowest BCUT2D eigenvalue weighted by molar-refractivity contribution is 0.429. The van der Waals surface area contributed by atoms with Crippen LogP contribution in [0.15, 0.2) is 23.0 Å². The first-order valence-corrected chi connectivity index (χ1v) is 6.43. The summed E-state index contributed by atoms with van der Waals surface area (Å²) >= 11 is 0. The summed E-state index contributed by atoms with van der Waals surface area (Å²) in [5, 5.41) is 0.455. The van der Waals surface area contributed by atoms with E-state index >= 15 is 0 Å². The third-order valence-electron chi connectivity index (χ3n) is 3.68. The molecule has 0 saturated heterocycles. The topological polar surface area (TPSA) is 45.8 Å². The van der Waals surface area contributed by atoms with E-state index in [9.17, 15) is 9.18 Å². The molecule has 1 aromatic carbocycles. The Bertz CT molecular complexity index is 629. The summed E-state index contributed by atoms with van der Waals surface area (Å²) < 4.78 is 13.2. The number of aromatic amines is 1. The van der Waals surface area contributed by atoms with Crippen LogP contribution in [0.25, 0.3) is 10.9 Å². The molecule has 3 nitrogen and oxygen atoms in total. The molecule has 3 rings (SSSR count). The largest absolute Gasteiger partial charge is 0.310 e. The van der Waals surface area contributed by atoms with Crippen LogP contribution in [-0.2, 0) is 0 Å². The third kappa shape index (κ3) is 2.03. The predicted octanol–water partition coefficient (Wildman–Crippen LogP) is 3.11. The van der Waals surface area contributed by atoms with Crippen LogP contribution in [0.5, 0.6) is 0 Å². The monoisotopic (exact) mass is 246 g/mol. The van der Waals surface area contributed by atoms with E-state index in [0.29, 0.717) is 16.8 Å². The number of nitrogens with zero attached hydrogens (tertiary/aromatic N) is 1. The summed E-state index contributed by atoms with van der Waals surface area (Å²) in [6, 6.07) is 4.11. The van der Waals surface area contributed by atoms with Crippen LogP contribution in [0, 0.1) is 5.82 Å². The number of hydrogen-bond acceptors (Lipinski definition) is 2. The second-order valence-electron chi connectivity index (χ2n) is 4.95. The molecule has 0 aliphatic heterocycles. The first-order chi connectivity index (χ1) is 8.74. The first kappa shape index (κ1) is 11.4. The zero-order valence-electron chi connectivity index (χ0n) is 10.1. The maximum Gasteiger partial charge on any atom is 0.258 e. The molecule has 1 N–H and O–H groups in total. The summed E-state index contributed by atoms with van der Waals surface area (Å²) in [5.74, 6) is 0.687. The van der Waals surface area contributed by atoms with Gasteiger partial charge in [-0.05, 0) is 25.0 Å². The van der Waals surface area contributed by atoms with Gasteiger partial charge in [0.25, 0.3) is 5.56 Å². The molecule has 0 radical (unpaired) electrons. The van der Waals surface area contributed by atoms with E-state index < -0.39 is 0 Å². The fraction of sp³-hybridized carbons (Fsp3) is 0.429. The number of fused-ring (bicyclic) bond motifs is 1. The van der Waals surface area contributed by atoms with Crippen LogP contribution < -0.4 is 5.56 Å². The van der Waals surface area contributed by atoms with Crippen LogP contribution in [0.1, 0.15) is 43.8 Å². The van der Waals surface area contributed by atoms with E-state index in [2.05, 4.69) is 9.97 Å². The molecule has 1 heterocycles. The standard InChI is InChI=1S/C14H15FN2O/c15-10-6-7-11-12(8-10)16-13(17-14(11)18)9-4-2-1-3-5-9/h6-9H,1-5H2,(H,16,17,18). The van der Waals surface area contributed by atoms with Crippen molar-refractivity contribution < 1.29 is 4.39 Å². The Morgan fingerprint density at radius 2 is 2.00 bits per heavy atom. The van der Waals surface area contributed by atoms with Gasteiger partial charge in [0, 0.05) is 12.0 Å². The highest BCUT2D eigenvalue weighted by Gasteiger charge is 2.18. The van der Waals surface area contributed by atoms with Gasteiger partial charge >= 0.3 is 0 Å². The average molecular weight is 246 g/mol. The maximum absolute atomic E-state index is 13.2. The lowest BCUT2D eigenvalue weighted by Gasteiger charge is -2.20. The van der Waals surface area contributed by atoms with Crippen molar-refractivity contribution in [2.24, 2.45) is 0 Å². The zero-order valence-corrected chi connectivity index (χ0v) is 10.1. The third-order valence-corrected chi connectivity index (χ3v) is 3.68. The summed E-state index contributed by atoms with van der Waals surface area (Å²) in [6.07, 6.45) is 5.72. The number of hydrogen-bond donors (Lipinski definition) is 1. The Kier molecular flexibility index (Phi) is 2.86. The quantitative estimate of drug-likeness (QED) is 0.840. The smallest absolute Gasteiger partial charge is 0.258 e. The van der Waals surface area contributed by atoms with Crippen molar-refractivity contribution in [1.82, 2.24) is 9.97 Å². The van der Waals surface area contributed by atoms with Crippen molar-refractivity contribution >= 4 is 10.9 Å². The van der Waals surface area contributed by atoms with Crippen LogP contribution in [0.4, 0.5) is 4.39 Å². The molecule has 0 spiro atoms. The van der Waals surface area contributed by atoms with Gasteiger partial charge < -0.3 is 4.98 Å². The molecule has 1 fully saturated rings. The SMILES string of the molecule is O=c1[nH]c(C2CCCCC2)nc2cc(F)ccc12. The lowest BCUT2D eigenvalue weighted by atomic mass is 9.88. The van der Waals surface area contributed by atoms with E-state index in [1.54, 1.807) is 0 Å². The Balaban J connectivity index is 2.10. The number of aromatic nitrogens is 2. The van der Waals surface area contributed by atoms with Gasteiger partial charge in [0.1, 0.15) is 11.6 Å². The van der Waals surface area contributed by atoms with Gasteiger partial charge in [0.05, 0.1) is 10.9 Å². The summed E-state index contributed by atoms with van der Waals surface area (Å²) in [4.78, 5) is 19.2. The lowest BCUT2D eigenvalue weighted by Crippen LogP contribution is -2.16. The average Bonchev–Trinajstić information content (AvgIpc) is 2.39. The minimum atomic E-state index is -0.352. The van der Waals surface area contributed by atoms with Crippen LogP contribution in [-0.4, -0.2) is 9.97 Å². The van der Waals surface area contributed by atoms with Crippen molar-refractivity contribution in [3.05, 3.63) is 40.2 Å². The second-order valence-corrected chi connectivity index (χ2v) is 4.95. The number of nitrogens with one attached hydrogen (secondary N) is 1. The van der Waals surface area contributed by atoms with Crippen molar-refractivity contribution in [2.75, 3.05) is 0 Å². The summed E-state index contributed by atoms with van der Waals surface area (Å²) in [5.41, 5.74) is 0.292. The van der Waals surface area contributed by atoms with E-state index in [-0.39, 0.29) is 11.4 Å². The Hall–Kier alpha value is -1.71. The Morgan fingerprint density at radius 1 is 1.22 bits per heavy atom. The van der Waals surface area contributed by atoms with E-state index in [4.69, 9.17) is 0 Å². The molecule has 18 heavy (non-hydrogen) atoms. The van der Waals surface area contributed by atoms with Crippen LogP contribution >= 0.6 is 0 Å². The molecule has 0 bridgehead atoms. The van der Waals surface area contributed by atoms with Crippen molar-refractivity contribution in [2.45, 2.75) is 38.0 Å². The fourth-order valence-electron chi connectivity index (χ4n) is 2.70. The molecule has 0 unspecified atom stereocenters. The highest BCUT2D eigenvalue weighted by atomic mass is 19.1. The number of halogens is 1. The molecule has 2 aromatic rings. The number of H-pyrrole nitrogens is 1. The molecule has 0 amide bonds. The molecule has 0 atom stereocenters. The predicted molar refractivity (Wildman–Crippen MR) is 68.1 cm³/mol. The fourth-order valence-corrected chi connectivity index (χ4v) is 2.70. The Labute approximate surface area is 104 Å². The summed E-state index contributed by atoms with van der Waals surface area (Å²) in [7, 11) is 0. The maximum atomic E-state index is 13.2. The second kappa shape index (κ2) is 4.52. The van der Waals surface area contributed by atoms with Crippen LogP contribution in [0.2, 0.25) is 0 Å². The zero-order chi connectivity index (χ0) is 12.5. The number of benzene rings is 1. The van der Waals surface area contributed by atoms with Crippen molar-refractivity contribution in [3.8, 4) is 0 Å². The molecular formula is C14H15FN2O. The van der Waals surface area contributed by atoms with Crippen LogP contribution in [0.3, 0.4) is 0 Å². The molecule has 4 heteroatoms. The molecule has 1 aliphatic carbocycles. The van der Waals surface area contributed by atoms with Gasteiger partial charge in [0.15, 0.2) is 0 Å². The van der Waals surface area contributed by atoms with Gasteiger partial charge in [-0.3, -0.25) is 4.79 Å². The normalized spacial score (nSPS) is 17.2. The van der Waals surface area contributed by atoms with Gasteiger partial charge in [-0.1, -0.05) is 19.3 Å². The number of rotatable bonds is 1. The van der Waals surface area contributed by atoms with E-state index in [1.807, 2.05) is 0 Å².